The molecule has 0 spiro atoms. The average molecular weight is 280 g/mol. The highest BCUT2D eigenvalue weighted by Gasteiger charge is 2.21. The Morgan fingerprint density at radius 2 is 1.20 bits per heavy atom. The highest BCUT2D eigenvalue weighted by Crippen LogP contribution is 2.18. The number of benzene rings is 1. The van der Waals surface area contributed by atoms with Crippen LogP contribution in [-0.2, 0) is 0 Å². The Balaban J connectivity index is 2.53. The Kier molecular flexibility index (Phi) is 2.06. The largest absolute Gasteiger partial charge is 0.385 e. The Hall–Kier alpha value is -3.44. The molecule has 0 aliphatic heterocycles. The summed E-state index contributed by atoms with van der Waals surface area (Å²) in [6, 6.07) is 2.24. The molecule has 2 heterocycles. The predicted octanol–water partition coefficient (Wildman–Crippen LogP) is -0.948. The number of nitrogens with zero attached hydrogens (tertiary/aromatic N) is 4. The lowest BCUT2D eigenvalue weighted by molar-refractivity contribution is -0.540. The van der Waals surface area contributed by atoms with Crippen molar-refractivity contribution in [2.75, 3.05) is 0 Å². The third kappa shape index (κ3) is 1.35. The number of nitro groups is 2. The molecular weight excluding hydrogens is 276 g/mol. The fourth-order valence-corrected chi connectivity index (χ4v) is 2.01. The molecule has 12 nitrogen and oxygen atoms in total. The van der Waals surface area contributed by atoms with Gasteiger partial charge in [0.1, 0.15) is 11.0 Å². The summed E-state index contributed by atoms with van der Waals surface area (Å²) in [7, 11) is 0. The van der Waals surface area contributed by atoms with Gasteiger partial charge in [0.05, 0.1) is 11.0 Å². The molecule has 3 aromatic rings. The van der Waals surface area contributed by atoms with Crippen LogP contribution in [0.1, 0.15) is 0 Å². The third-order valence-electron chi connectivity index (χ3n) is 2.76. The fourth-order valence-electron chi connectivity index (χ4n) is 2.01. The maximum Gasteiger partial charge on any atom is 0.385 e. The van der Waals surface area contributed by atoms with Crippen molar-refractivity contribution < 1.29 is 10.1 Å². The number of hydrogen-bond acceptors (Lipinski definition) is 6. The van der Waals surface area contributed by atoms with Crippen LogP contribution < -0.4 is 11.4 Å². The smallest absolute Gasteiger partial charge is 0.301 e. The maximum atomic E-state index is 11.4. The van der Waals surface area contributed by atoms with E-state index in [0.29, 0.717) is 0 Å². The molecule has 0 unspecified atom stereocenters. The molecule has 0 bridgehead atoms. The molecule has 3 rings (SSSR count). The molecule has 2 aromatic heterocycles. The molecule has 20 heavy (non-hydrogen) atoms. The van der Waals surface area contributed by atoms with E-state index >= 15 is 0 Å². The molecule has 1 aromatic carbocycles. The van der Waals surface area contributed by atoms with Gasteiger partial charge in [-0.3, -0.25) is 0 Å². The van der Waals surface area contributed by atoms with Crippen LogP contribution in [-0.4, -0.2) is 29.4 Å². The first-order valence-corrected chi connectivity index (χ1v) is 5.09. The van der Waals surface area contributed by atoms with Crippen molar-refractivity contribution in [1.29, 1.82) is 0 Å². The second-order valence-corrected chi connectivity index (χ2v) is 3.85. The second kappa shape index (κ2) is 3.53. The molecule has 0 saturated carbocycles. The van der Waals surface area contributed by atoms with Crippen LogP contribution in [0.5, 0.6) is 0 Å². The van der Waals surface area contributed by atoms with Gasteiger partial charge in [0.25, 0.3) is 0 Å². The SMILES string of the molecule is O=c1[nH]c2cc3c(cc2n1[N+](=O)[O-])[nH]c(=O)n3[N+](=O)[O-]. The molecule has 0 atom stereocenters. The Labute approximate surface area is 106 Å². The maximum absolute atomic E-state index is 11.4. The van der Waals surface area contributed by atoms with E-state index in [1.807, 2.05) is 0 Å². The van der Waals surface area contributed by atoms with Crippen molar-refractivity contribution in [1.82, 2.24) is 19.3 Å². The van der Waals surface area contributed by atoms with Crippen molar-refractivity contribution in [3.63, 3.8) is 0 Å². The molecule has 0 aliphatic carbocycles. The number of H-pyrrole nitrogens is 2. The van der Waals surface area contributed by atoms with E-state index in [1.54, 1.807) is 0 Å². The van der Waals surface area contributed by atoms with Gasteiger partial charge in [-0.15, -0.1) is 0 Å². The van der Waals surface area contributed by atoms with Gasteiger partial charge in [0, 0.05) is 0 Å². The number of nitrogens with one attached hydrogen (secondary N) is 2. The monoisotopic (exact) mass is 280 g/mol. The minimum Gasteiger partial charge on any atom is -0.301 e. The summed E-state index contributed by atoms with van der Waals surface area (Å²) >= 11 is 0. The molecule has 0 fully saturated rings. The van der Waals surface area contributed by atoms with E-state index in [0.717, 1.165) is 12.1 Å². The molecule has 2 N–H and O–H groups in total. The van der Waals surface area contributed by atoms with Gasteiger partial charge in [0.15, 0.2) is 10.1 Å². The third-order valence-corrected chi connectivity index (χ3v) is 2.76. The van der Waals surface area contributed by atoms with Crippen molar-refractivity contribution in [3.05, 3.63) is 53.3 Å². The Morgan fingerprint density at radius 3 is 1.50 bits per heavy atom. The highest BCUT2D eigenvalue weighted by atomic mass is 16.7. The molecule has 0 amide bonds. The average Bonchev–Trinajstić information content (AvgIpc) is 2.79. The number of fused-ring (bicyclic) bond motifs is 2. The van der Waals surface area contributed by atoms with E-state index in [9.17, 15) is 29.8 Å². The van der Waals surface area contributed by atoms with E-state index in [4.69, 9.17) is 0 Å². The van der Waals surface area contributed by atoms with Gasteiger partial charge in [0.2, 0.25) is 0 Å². The van der Waals surface area contributed by atoms with Gasteiger partial charge in [-0.25, -0.2) is 29.8 Å². The zero-order valence-electron chi connectivity index (χ0n) is 9.39. The van der Waals surface area contributed by atoms with Crippen LogP contribution in [0.3, 0.4) is 0 Å². The van der Waals surface area contributed by atoms with E-state index in [2.05, 4.69) is 9.97 Å². The van der Waals surface area contributed by atoms with Crippen molar-refractivity contribution in [2.24, 2.45) is 0 Å². The molecule has 0 radical (unpaired) electrons. The second-order valence-electron chi connectivity index (χ2n) is 3.85. The summed E-state index contributed by atoms with van der Waals surface area (Å²) < 4.78 is 0.493. The number of imidazole rings is 2. The fraction of sp³-hybridized carbons (Fsp3) is 0. The van der Waals surface area contributed by atoms with E-state index < -0.39 is 21.4 Å². The molecular formula is C8H4N6O6. The normalized spacial score (nSPS) is 11.2. The summed E-state index contributed by atoms with van der Waals surface area (Å²) in [5.74, 6) is 0. The Bertz CT molecular complexity index is 920. The van der Waals surface area contributed by atoms with E-state index in [1.165, 1.54) is 0 Å². The van der Waals surface area contributed by atoms with Crippen LogP contribution in [0.25, 0.3) is 22.1 Å². The first-order chi connectivity index (χ1) is 9.40. The van der Waals surface area contributed by atoms with Crippen molar-refractivity contribution in [2.45, 2.75) is 0 Å². The lowest BCUT2D eigenvalue weighted by Gasteiger charge is -1.93. The number of rotatable bonds is 2. The molecule has 0 saturated heterocycles. The standard InChI is InChI=1S/C8H4N6O6/c15-7-9-3-1-5-4(2-6(3)12(7)14(19)20)10-8(16)11(5)13(17)18/h1-2H,(H,9,15)(H,10,16). The van der Waals surface area contributed by atoms with Crippen molar-refractivity contribution in [3.8, 4) is 0 Å². The van der Waals surface area contributed by atoms with Crippen LogP contribution in [0.2, 0.25) is 0 Å². The van der Waals surface area contributed by atoms with Crippen LogP contribution in [0, 0.1) is 20.2 Å². The topological polar surface area (TPSA) is 162 Å². The van der Waals surface area contributed by atoms with Gasteiger partial charge >= 0.3 is 11.4 Å². The van der Waals surface area contributed by atoms with Gasteiger partial charge in [-0.2, -0.15) is 0 Å². The lowest BCUT2D eigenvalue weighted by atomic mass is 10.3. The highest BCUT2D eigenvalue weighted by molar-refractivity contribution is 5.91. The minimum atomic E-state index is -0.993. The van der Waals surface area contributed by atoms with Gasteiger partial charge in [-0.1, -0.05) is 0 Å². The minimum absolute atomic E-state index is 0.00815. The quantitative estimate of drug-likeness (QED) is 0.454. The van der Waals surface area contributed by atoms with Crippen molar-refractivity contribution >= 4 is 22.1 Å². The first kappa shape index (κ1) is 11.6. The van der Waals surface area contributed by atoms with E-state index in [-0.39, 0.29) is 31.4 Å². The summed E-state index contributed by atoms with van der Waals surface area (Å²) in [6.07, 6.45) is 0. The summed E-state index contributed by atoms with van der Waals surface area (Å²) in [6.45, 7) is 0. The molecule has 102 valence electrons. The molecule has 12 heteroatoms. The number of aromatic amines is 2. The summed E-state index contributed by atoms with van der Waals surface area (Å²) in [5.41, 5.74) is -2.18. The van der Waals surface area contributed by atoms with Gasteiger partial charge in [-0.05, 0) is 21.5 Å². The number of hydrogen-bond donors (Lipinski definition) is 2. The zero-order chi connectivity index (χ0) is 14.6. The van der Waals surface area contributed by atoms with Crippen LogP contribution in [0.15, 0.2) is 21.7 Å². The predicted molar refractivity (Wildman–Crippen MR) is 63.5 cm³/mol. The van der Waals surface area contributed by atoms with Crippen LogP contribution >= 0.6 is 0 Å². The van der Waals surface area contributed by atoms with Crippen LogP contribution in [0.4, 0.5) is 0 Å². The lowest BCUT2D eigenvalue weighted by Crippen LogP contribution is -2.23. The summed E-state index contributed by atoms with van der Waals surface area (Å²) in [5, 5.41) is 19.7. The first-order valence-electron chi connectivity index (χ1n) is 5.09. The Morgan fingerprint density at radius 1 is 0.850 bits per heavy atom. The van der Waals surface area contributed by atoms with Gasteiger partial charge < -0.3 is 9.97 Å². The number of aromatic nitrogens is 4. The molecule has 0 aliphatic rings. The summed E-state index contributed by atoms with van der Waals surface area (Å²) in [4.78, 5) is 48.8. The zero-order valence-corrected chi connectivity index (χ0v) is 9.39.